The molecule has 0 saturated carbocycles. The number of rotatable bonds is 5. The average molecular weight is 424 g/mol. The highest BCUT2D eigenvalue weighted by Crippen LogP contribution is 2.29. The molecule has 0 saturated heterocycles. The van der Waals surface area contributed by atoms with E-state index in [2.05, 4.69) is 4.98 Å². The Labute approximate surface area is 177 Å². The molecule has 0 radical (unpaired) electrons. The molecule has 0 unspecified atom stereocenters. The number of hydrogen-bond acceptors (Lipinski definition) is 4. The Bertz CT molecular complexity index is 1190. The van der Waals surface area contributed by atoms with Crippen molar-refractivity contribution >= 4 is 51.7 Å². The number of ketones is 1. The molecule has 0 bridgehead atoms. The summed E-state index contributed by atoms with van der Waals surface area (Å²) in [4.78, 5) is 17.8. The number of ether oxygens (including phenoxy) is 1. The number of aromatic nitrogens is 1. The zero-order valence-electron chi connectivity index (χ0n) is 15.4. The van der Waals surface area contributed by atoms with E-state index in [1.165, 1.54) is 0 Å². The number of para-hydroxylation sites is 2. The van der Waals surface area contributed by atoms with Crippen molar-refractivity contribution in [3.05, 3.63) is 93.8 Å². The van der Waals surface area contributed by atoms with Gasteiger partial charge in [-0.05, 0) is 60.2 Å². The summed E-state index contributed by atoms with van der Waals surface area (Å²) < 4.78 is 11.0. The van der Waals surface area contributed by atoms with E-state index in [9.17, 15) is 4.79 Å². The maximum Gasteiger partial charge on any atom is 0.231 e. The van der Waals surface area contributed by atoms with Gasteiger partial charge in [0.2, 0.25) is 5.89 Å². The first-order chi connectivity index (χ1) is 14.0. The first-order valence-corrected chi connectivity index (χ1v) is 9.52. The molecule has 29 heavy (non-hydrogen) atoms. The highest BCUT2D eigenvalue weighted by Gasteiger charge is 2.20. The third-order valence-electron chi connectivity index (χ3n) is 4.38. The fraction of sp³-hybridized carbons (Fsp3) is 0.0435. The number of carbonyl (C=O) groups is 1. The van der Waals surface area contributed by atoms with Crippen LogP contribution in [0.5, 0.6) is 5.75 Å². The van der Waals surface area contributed by atoms with Crippen LogP contribution in [0.1, 0.15) is 21.8 Å². The van der Waals surface area contributed by atoms with E-state index >= 15 is 0 Å². The molecule has 0 spiro atoms. The van der Waals surface area contributed by atoms with Crippen LogP contribution in [0.25, 0.3) is 22.7 Å². The molecule has 1 heterocycles. The van der Waals surface area contributed by atoms with Gasteiger partial charge in [-0.1, -0.05) is 41.4 Å². The standard InChI is InChI=1S/C23H15Cl2NO3/c1-28-16-9-7-15(8-10-16)22(27)17(12-14-6-11-18(24)19(25)13-14)23-26-20-4-2-3-5-21(20)29-23/h2-13H,1H3/b17-12-. The fourth-order valence-electron chi connectivity index (χ4n) is 2.88. The smallest absolute Gasteiger partial charge is 0.231 e. The molecule has 4 nitrogen and oxygen atoms in total. The summed E-state index contributed by atoms with van der Waals surface area (Å²) in [5, 5.41) is 0.836. The van der Waals surface area contributed by atoms with Crippen molar-refractivity contribution in [2.45, 2.75) is 0 Å². The number of methoxy groups -OCH3 is 1. The van der Waals surface area contributed by atoms with Crippen molar-refractivity contribution < 1.29 is 13.9 Å². The second kappa shape index (κ2) is 8.11. The highest BCUT2D eigenvalue weighted by molar-refractivity contribution is 6.42. The summed E-state index contributed by atoms with van der Waals surface area (Å²) in [6.07, 6.45) is 1.69. The predicted molar refractivity (Wildman–Crippen MR) is 116 cm³/mol. The summed E-state index contributed by atoms with van der Waals surface area (Å²) in [5.74, 6) is 0.668. The Morgan fingerprint density at radius 1 is 1.00 bits per heavy atom. The summed E-state index contributed by atoms with van der Waals surface area (Å²) in [5.41, 5.74) is 2.78. The highest BCUT2D eigenvalue weighted by atomic mass is 35.5. The Kier molecular flexibility index (Phi) is 5.38. The Hall–Kier alpha value is -3.08. The van der Waals surface area contributed by atoms with Crippen molar-refractivity contribution in [2.75, 3.05) is 7.11 Å². The lowest BCUT2D eigenvalue weighted by Gasteiger charge is -2.06. The maximum atomic E-state index is 13.3. The Balaban J connectivity index is 1.84. The number of Topliss-reactive ketones (excluding diaryl/α,β-unsaturated/α-hetero) is 1. The van der Waals surface area contributed by atoms with Gasteiger partial charge >= 0.3 is 0 Å². The molecule has 0 atom stereocenters. The van der Waals surface area contributed by atoms with Gasteiger partial charge < -0.3 is 9.15 Å². The lowest BCUT2D eigenvalue weighted by atomic mass is 10.0. The molecule has 4 aromatic rings. The molecule has 0 aliphatic carbocycles. The number of oxazole rings is 1. The summed E-state index contributed by atoms with van der Waals surface area (Å²) in [7, 11) is 1.57. The van der Waals surface area contributed by atoms with Crippen molar-refractivity contribution in [3.8, 4) is 5.75 Å². The molecule has 6 heteroatoms. The Morgan fingerprint density at radius 3 is 2.45 bits per heavy atom. The third kappa shape index (κ3) is 4.04. The quantitative estimate of drug-likeness (QED) is 0.269. The van der Waals surface area contributed by atoms with E-state index in [0.717, 1.165) is 0 Å². The number of hydrogen-bond donors (Lipinski definition) is 0. The van der Waals surface area contributed by atoms with Crippen LogP contribution in [-0.2, 0) is 0 Å². The van der Waals surface area contributed by atoms with Gasteiger partial charge in [0.05, 0.1) is 22.7 Å². The molecule has 0 N–H and O–H groups in total. The van der Waals surface area contributed by atoms with Crippen molar-refractivity contribution in [1.29, 1.82) is 0 Å². The lowest BCUT2D eigenvalue weighted by Crippen LogP contribution is -2.03. The molecule has 0 aliphatic heterocycles. The summed E-state index contributed by atoms with van der Waals surface area (Å²) in [6.45, 7) is 0. The number of allylic oxidation sites excluding steroid dienone is 1. The van der Waals surface area contributed by atoms with Crippen molar-refractivity contribution in [3.63, 3.8) is 0 Å². The van der Waals surface area contributed by atoms with Crippen LogP contribution in [0, 0.1) is 0 Å². The van der Waals surface area contributed by atoms with Crippen LogP contribution in [-0.4, -0.2) is 17.9 Å². The normalized spacial score (nSPS) is 11.6. The lowest BCUT2D eigenvalue weighted by molar-refractivity contribution is 0.105. The zero-order chi connectivity index (χ0) is 20.4. The van der Waals surface area contributed by atoms with E-state index in [4.69, 9.17) is 32.4 Å². The van der Waals surface area contributed by atoms with E-state index in [0.29, 0.717) is 43.6 Å². The minimum atomic E-state index is -0.231. The molecule has 0 fully saturated rings. The van der Waals surface area contributed by atoms with Crippen LogP contribution in [0.4, 0.5) is 0 Å². The largest absolute Gasteiger partial charge is 0.497 e. The minimum Gasteiger partial charge on any atom is -0.497 e. The van der Waals surface area contributed by atoms with Crippen LogP contribution in [0.15, 0.2) is 71.1 Å². The predicted octanol–water partition coefficient (Wildman–Crippen LogP) is 6.57. The molecular formula is C23H15Cl2NO3. The third-order valence-corrected chi connectivity index (χ3v) is 5.11. The maximum absolute atomic E-state index is 13.3. The van der Waals surface area contributed by atoms with Gasteiger partial charge in [0, 0.05) is 5.56 Å². The number of benzene rings is 3. The van der Waals surface area contributed by atoms with Crippen LogP contribution >= 0.6 is 23.2 Å². The average Bonchev–Trinajstić information content (AvgIpc) is 3.18. The molecule has 4 rings (SSSR count). The van der Waals surface area contributed by atoms with Gasteiger partial charge in [-0.15, -0.1) is 0 Å². The SMILES string of the molecule is COc1ccc(C(=O)/C(=C/c2ccc(Cl)c(Cl)c2)c2nc3ccccc3o2)cc1. The van der Waals surface area contributed by atoms with Gasteiger partial charge in [0.15, 0.2) is 11.4 Å². The fourth-order valence-corrected chi connectivity index (χ4v) is 3.19. The topological polar surface area (TPSA) is 52.3 Å². The number of fused-ring (bicyclic) bond motifs is 1. The molecule has 1 aromatic heterocycles. The number of carbonyl (C=O) groups excluding carboxylic acids is 1. The van der Waals surface area contributed by atoms with Crippen molar-refractivity contribution in [2.24, 2.45) is 0 Å². The van der Waals surface area contributed by atoms with Gasteiger partial charge in [-0.2, -0.15) is 0 Å². The van der Waals surface area contributed by atoms with Crippen molar-refractivity contribution in [1.82, 2.24) is 4.98 Å². The second-order valence-corrected chi connectivity index (χ2v) is 7.09. The molecule has 0 amide bonds. The van der Waals surface area contributed by atoms with E-state index in [1.54, 1.807) is 61.7 Å². The van der Waals surface area contributed by atoms with Gasteiger partial charge in [0.1, 0.15) is 11.3 Å². The monoisotopic (exact) mass is 423 g/mol. The Morgan fingerprint density at radius 2 is 1.76 bits per heavy atom. The van der Waals surface area contributed by atoms with Crippen LogP contribution < -0.4 is 4.74 Å². The van der Waals surface area contributed by atoms with E-state index in [1.807, 2.05) is 18.2 Å². The molecular weight excluding hydrogens is 409 g/mol. The molecule has 3 aromatic carbocycles. The van der Waals surface area contributed by atoms with Gasteiger partial charge in [0.25, 0.3) is 0 Å². The van der Waals surface area contributed by atoms with Crippen LogP contribution in [0.3, 0.4) is 0 Å². The van der Waals surface area contributed by atoms with Gasteiger partial charge in [-0.25, -0.2) is 4.98 Å². The first-order valence-electron chi connectivity index (χ1n) is 8.76. The van der Waals surface area contributed by atoms with Crippen LogP contribution in [0.2, 0.25) is 10.0 Å². The summed E-state index contributed by atoms with van der Waals surface area (Å²) >= 11 is 12.2. The van der Waals surface area contributed by atoms with E-state index < -0.39 is 0 Å². The zero-order valence-corrected chi connectivity index (χ0v) is 16.9. The van der Waals surface area contributed by atoms with E-state index in [-0.39, 0.29) is 11.7 Å². The molecule has 144 valence electrons. The first kappa shape index (κ1) is 19.2. The minimum absolute atomic E-state index is 0.231. The van der Waals surface area contributed by atoms with Gasteiger partial charge in [-0.3, -0.25) is 4.79 Å². The number of halogens is 2. The summed E-state index contributed by atoms with van der Waals surface area (Å²) in [6, 6.07) is 19.4. The number of nitrogens with zero attached hydrogens (tertiary/aromatic N) is 1. The molecule has 0 aliphatic rings. The second-order valence-electron chi connectivity index (χ2n) is 6.28.